The maximum Gasteiger partial charge on any atom is 0.306 e. The summed E-state index contributed by atoms with van der Waals surface area (Å²) >= 11 is 0. The van der Waals surface area contributed by atoms with Crippen molar-refractivity contribution in [2.24, 2.45) is 0 Å². The lowest BCUT2D eigenvalue weighted by molar-refractivity contribution is -0.140. The number of aromatic nitrogens is 1. The fourth-order valence-electron chi connectivity index (χ4n) is 2.96. The van der Waals surface area contributed by atoms with Gasteiger partial charge in [0.1, 0.15) is 5.82 Å². The predicted molar refractivity (Wildman–Crippen MR) is 104 cm³/mol. The first-order valence-electron chi connectivity index (χ1n) is 8.88. The van der Waals surface area contributed by atoms with Crippen LogP contribution in [0.4, 0.5) is 5.82 Å². The summed E-state index contributed by atoms with van der Waals surface area (Å²) in [7, 11) is -6.09. The Morgan fingerprint density at radius 1 is 1.32 bits per heavy atom. The minimum Gasteiger partial charge on any atom is -0.469 e. The van der Waals surface area contributed by atoms with E-state index in [9.17, 15) is 21.6 Å². The quantitative estimate of drug-likeness (QED) is 0.541. The van der Waals surface area contributed by atoms with Gasteiger partial charge in [-0.1, -0.05) is 6.92 Å². The second-order valence-corrected chi connectivity index (χ2v) is 10.9. The summed E-state index contributed by atoms with van der Waals surface area (Å²) in [4.78, 5) is 17.6. The van der Waals surface area contributed by atoms with E-state index in [4.69, 9.17) is 4.74 Å². The number of anilines is 1. The van der Waals surface area contributed by atoms with E-state index in [-0.39, 0.29) is 23.2 Å². The molecule has 1 aromatic heterocycles. The number of ether oxygens (including phenoxy) is 2. The van der Waals surface area contributed by atoms with Gasteiger partial charge in [-0.25, -0.2) is 21.8 Å². The Hall–Kier alpha value is -1.72. The third-order valence-corrected chi connectivity index (χ3v) is 6.84. The van der Waals surface area contributed by atoms with Gasteiger partial charge >= 0.3 is 5.97 Å². The molecule has 0 spiro atoms. The number of hydrogen-bond acceptors (Lipinski definition) is 9. The molecular formula is C17H26N2O7S2. The number of carbonyl (C=O) groups excluding carboxylic acids is 1. The van der Waals surface area contributed by atoms with Gasteiger partial charge in [-0.2, -0.15) is 0 Å². The van der Waals surface area contributed by atoms with Crippen LogP contribution in [0.15, 0.2) is 17.2 Å². The zero-order chi connectivity index (χ0) is 20.9. The maximum absolute atomic E-state index is 12.7. The van der Waals surface area contributed by atoms with Gasteiger partial charge in [-0.05, 0) is 24.1 Å². The molecule has 1 aliphatic rings. The van der Waals surface area contributed by atoms with Crippen molar-refractivity contribution in [1.82, 2.24) is 4.98 Å². The van der Waals surface area contributed by atoms with E-state index in [0.717, 1.165) is 12.7 Å². The van der Waals surface area contributed by atoms with Gasteiger partial charge in [-0.15, -0.1) is 0 Å². The van der Waals surface area contributed by atoms with Crippen molar-refractivity contribution in [3.05, 3.63) is 17.7 Å². The average Bonchev–Trinajstić information content (AvgIpc) is 2.64. The van der Waals surface area contributed by atoms with Crippen LogP contribution in [-0.2, 0) is 39.7 Å². The molecule has 9 nitrogen and oxygen atoms in total. The highest BCUT2D eigenvalue weighted by Gasteiger charge is 2.26. The molecule has 0 aliphatic carbocycles. The van der Waals surface area contributed by atoms with Crippen molar-refractivity contribution in [3.63, 3.8) is 0 Å². The van der Waals surface area contributed by atoms with E-state index < -0.39 is 31.4 Å². The minimum atomic E-state index is -3.89. The van der Waals surface area contributed by atoms with Gasteiger partial charge in [0, 0.05) is 12.8 Å². The lowest BCUT2D eigenvalue weighted by Gasteiger charge is -2.36. The van der Waals surface area contributed by atoms with Crippen LogP contribution < -0.4 is 4.90 Å². The lowest BCUT2D eigenvalue weighted by Crippen LogP contribution is -2.45. The molecule has 0 aromatic carbocycles. The summed E-state index contributed by atoms with van der Waals surface area (Å²) < 4.78 is 58.9. The molecule has 0 saturated carbocycles. The number of pyridine rings is 1. The number of rotatable bonds is 8. The second-order valence-electron chi connectivity index (χ2n) is 6.72. The zero-order valence-electron chi connectivity index (χ0n) is 16.3. The highest BCUT2D eigenvalue weighted by atomic mass is 32.2. The van der Waals surface area contributed by atoms with Crippen molar-refractivity contribution in [1.29, 1.82) is 0 Å². The van der Waals surface area contributed by atoms with Crippen molar-refractivity contribution in [3.8, 4) is 0 Å². The van der Waals surface area contributed by atoms with Crippen LogP contribution >= 0.6 is 0 Å². The fraction of sp³-hybridized carbons (Fsp3) is 0.647. The van der Waals surface area contributed by atoms with Crippen LogP contribution in [-0.4, -0.2) is 72.7 Å². The lowest BCUT2D eigenvalue weighted by atomic mass is 10.1. The Kier molecular flexibility index (Phi) is 7.40. The zero-order valence-corrected chi connectivity index (χ0v) is 17.9. The number of morpholine rings is 1. The van der Waals surface area contributed by atoms with Crippen molar-refractivity contribution in [2.45, 2.75) is 36.6 Å². The monoisotopic (exact) mass is 434 g/mol. The first-order valence-corrected chi connectivity index (χ1v) is 12.6. The number of esters is 1. The average molecular weight is 435 g/mol. The first kappa shape index (κ1) is 22.6. The Labute approximate surface area is 165 Å². The molecule has 1 aliphatic heterocycles. The van der Waals surface area contributed by atoms with E-state index in [2.05, 4.69) is 9.72 Å². The number of nitrogens with zero attached hydrogens (tertiary/aromatic N) is 2. The van der Waals surface area contributed by atoms with E-state index in [1.165, 1.54) is 13.2 Å². The molecule has 1 fully saturated rings. The van der Waals surface area contributed by atoms with Gasteiger partial charge in [0.15, 0.2) is 24.7 Å². The number of methoxy groups -OCH3 is 1. The second kappa shape index (κ2) is 9.19. The molecule has 2 heterocycles. The maximum atomic E-state index is 12.7. The molecule has 0 bridgehead atoms. The summed E-state index contributed by atoms with van der Waals surface area (Å²) in [6.45, 7) is 3.47. The number of hydrogen-bond donors (Lipinski definition) is 0. The van der Waals surface area contributed by atoms with Gasteiger partial charge in [0.2, 0.25) is 0 Å². The van der Waals surface area contributed by atoms with Gasteiger partial charge < -0.3 is 14.4 Å². The van der Waals surface area contributed by atoms with E-state index in [0.29, 0.717) is 31.1 Å². The van der Waals surface area contributed by atoms with Gasteiger partial charge in [0.25, 0.3) is 0 Å². The molecule has 0 N–H and O–H groups in total. The molecule has 158 valence electrons. The molecule has 1 unspecified atom stereocenters. The summed E-state index contributed by atoms with van der Waals surface area (Å²) in [5.74, 6) is -1.01. The largest absolute Gasteiger partial charge is 0.469 e. The number of sulfone groups is 2. The topological polar surface area (TPSA) is 120 Å². The van der Waals surface area contributed by atoms with Crippen LogP contribution in [0, 0.1) is 0 Å². The van der Waals surface area contributed by atoms with Gasteiger partial charge in [-0.3, -0.25) is 4.79 Å². The van der Waals surface area contributed by atoms with Crippen molar-refractivity contribution < 1.29 is 31.1 Å². The Morgan fingerprint density at radius 2 is 2.04 bits per heavy atom. The summed E-state index contributed by atoms with van der Waals surface area (Å²) in [6, 6.07) is 2.88. The normalized spacial score (nSPS) is 18.1. The van der Waals surface area contributed by atoms with Crippen LogP contribution in [0.5, 0.6) is 0 Å². The highest BCUT2D eigenvalue weighted by molar-refractivity contribution is 7.91. The summed E-state index contributed by atoms with van der Waals surface area (Å²) in [5, 5.41) is -0.242. The molecule has 11 heteroatoms. The Morgan fingerprint density at radius 3 is 2.64 bits per heavy atom. The van der Waals surface area contributed by atoms with E-state index in [1.807, 2.05) is 11.8 Å². The van der Waals surface area contributed by atoms with Crippen LogP contribution in [0.25, 0.3) is 0 Å². The Bertz CT molecular complexity index is 913. The third-order valence-electron chi connectivity index (χ3n) is 4.39. The molecule has 1 saturated heterocycles. The predicted octanol–water partition coefficient (Wildman–Crippen LogP) is 0.578. The molecule has 28 heavy (non-hydrogen) atoms. The van der Waals surface area contributed by atoms with Crippen molar-refractivity contribution in [2.75, 3.05) is 43.8 Å². The standard InChI is InChI=1S/C17H26N2O7S2/c1-4-14-11-26-7-6-19(14)15-9-13(12-27(3,21)22)10-16(18-15)28(23,24)8-5-17(20)25-2/h9-10,14H,4-8,11-12H2,1-3H3. The Balaban J connectivity index is 2.46. The smallest absolute Gasteiger partial charge is 0.306 e. The van der Waals surface area contributed by atoms with Crippen LogP contribution in [0.3, 0.4) is 0 Å². The molecule has 1 aromatic rings. The van der Waals surface area contributed by atoms with Gasteiger partial charge in [0.05, 0.1) is 44.3 Å². The summed E-state index contributed by atoms with van der Waals surface area (Å²) in [6.07, 6.45) is 1.55. The third kappa shape index (κ3) is 6.14. The van der Waals surface area contributed by atoms with E-state index in [1.54, 1.807) is 6.07 Å². The molecule has 0 radical (unpaired) electrons. The SMILES string of the molecule is CCC1COCCN1c1cc(CS(C)(=O)=O)cc(S(=O)(=O)CCC(=O)OC)n1. The van der Waals surface area contributed by atoms with Crippen LogP contribution in [0.1, 0.15) is 25.3 Å². The van der Waals surface area contributed by atoms with Crippen molar-refractivity contribution >= 4 is 31.5 Å². The first-order chi connectivity index (χ1) is 13.1. The minimum absolute atomic E-state index is 0.0142. The van der Waals surface area contributed by atoms with Crippen LogP contribution in [0.2, 0.25) is 0 Å². The molecule has 0 amide bonds. The summed E-state index contributed by atoms with van der Waals surface area (Å²) in [5.41, 5.74) is 0.338. The highest BCUT2D eigenvalue weighted by Crippen LogP contribution is 2.25. The number of carbonyl (C=O) groups is 1. The fourth-order valence-corrected chi connectivity index (χ4v) is 4.94. The van der Waals surface area contributed by atoms with E-state index >= 15 is 0 Å². The molecular weight excluding hydrogens is 408 g/mol. The molecule has 1 atom stereocenters. The molecule has 2 rings (SSSR count).